The second-order valence-electron chi connectivity index (χ2n) is 7.37. The van der Waals surface area contributed by atoms with Crippen LogP contribution in [0, 0.1) is 5.92 Å². The maximum atomic E-state index is 12.7. The summed E-state index contributed by atoms with van der Waals surface area (Å²) in [6, 6.07) is 8.42. The molecule has 2 amide bonds. The fraction of sp³-hybridized carbons (Fsp3) is 0.474. The molecule has 1 aliphatic heterocycles. The lowest BCUT2D eigenvalue weighted by Crippen LogP contribution is -2.40. The first-order chi connectivity index (χ1) is 12.5. The summed E-state index contributed by atoms with van der Waals surface area (Å²) in [6.07, 6.45) is 1.96. The van der Waals surface area contributed by atoms with Gasteiger partial charge in [-0.3, -0.25) is 14.5 Å². The molecule has 0 spiro atoms. The maximum Gasteiger partial charge on any atom is 0.229 e. The van der Waals surface area contributed by atoms with Crippen molar-refractivity contribution in [2.45, 2.75) is 45.1 Å². The van der Waals surface area contributed by atoms with Gasteiger partial charge in [0.1, 0.15) is 5.01 Å². The van der Waals surface area contributed by atoms with Gasteiger partial charge in [-0.05, 0) is 24.0 Å². The van der Waals surface area contributed by atoms with E-state index in [4.69, 9.17) is 0 Å². The van der Waals surface area contributed by atoms with Crippen molar-refractivity contribution in [1.82, 2.24) is 15.5 Å². The van der Waals surface area contributed by atoms with Crippen molar-refractivity contribution >= 4 is 28.3 Å². The first kappa shape index (κ1) is 17.1. The topological polar surface area (TPSA) is 75.2 Å². The molecule has 1 fully saturated rings. The summed E-state index contributed by atoms with van der Waals surface area (Å²) in [5, 5.41) is 12.9. The van der Waals surface area contributed by atoms with Gasteiger partial charge in [0, 0.05) is 24.9 Å². The minimum atomic E-state index is -0.322. The number of aromatic nitrogens is 2. The molecule has 1 aliphatic carbocycles. The van der Waals surface area contributed by atoms with Crippen LogP contribution in [0.1, 0.15) is 42.3 Å². The lowest BCUT2D eigenvalue weighted by Gasteiger charge is -2.16. The third-order valence-corrected chi connectivity index (χ3v) is 6.29. The number of carbonyl (C=O) groups excluding carboxylic acids is 2. The van der Waals surface area contributed by atoms with Crippen molar-refractivity contribution in [1.29, 1.82) is 0 Å². The summed E-state index contributed by atoms with van der Waals surface area (Å²) in [4.78, 5) is 26.6. The van der Waals surface area contributed by atoms with E-state index >= 15 is 0 Å². The van der Waals surface area contributed by atoms with Crippen LogP contribution in [0.5, 0.6) is 0 Å². The van der Waals surface area contributed by atoms with Gasteiger partial charge in [-0.2, -0.15) is 0 Å². The minimum Gasteiger partial charge on any atom is -0.352 e. The molecular weight excluding hydrogens is 348 g/mol. The fourth-order valence-electron chi connectivity index (χ4n) is 3.62. The smallest absolute Gasteiger partial charge is 0.229 e. The molecule has 6 nitrogen and oxygen atoms in total. The van der Waals surface area contributed by atoms with Crippen molar-refractivity contribution in [3.8, 4) is 0 Å². The van der Waals surface area contributed by atoms with Crippen LogP contribution in [0.2, 0.25) is 0 Å². The highest BCUT2D eigenvalue weighted by atomic mass is 32.1. The zero-order valence-electron chi connectivity index (χ0n) is 14.9. The zero-order chi connectivity index (χ0) is 18.3. The largest absolute Gasteiger partial charge is 0.352 e. The molecule has 2 aliphatic rings. The number of amides is 2. The molecule has 0 radical (unpaired) electrons. The number of nitrogens with one attached hydrogen (secondary N) is 1. The lowest BCUT2D eigenvalue weighted by molar-refractivity contribution is -0.126. The maximum absolute atomic E-state index is 12.7. The molecule has 1 atom stereocenters. The molecule has 1 aromatic heterocycles. The van der Waals surface area contributed by atoms with Crippen LogP contribution in [0.4, 0.5) is 5.13 Å². The van der Waals surface area contributed by atoms with E-state index in [-0.39, 0.29) is 36.1 Å². The Morgan fingerprint density at radius 2 is 1.88 bits per heavy atom. The van der Waals surface area contributed by atoms with Gasteiger partial charge in [-0.1, -0.05) is 49.4 Å². The molecule has 2 aromatic rings. The van der Waals surface area contributed by atoms with Gasteiger partial charge in [-0.15, -0.1) is 10.2 Å². The van der Waals surface area contributed by atoms with Crippen molar-refractivity contribution < 1.29 is 9.59 Å². The summed E-state index contributed by atoms with van der Waals surface area (Å²) in [5.41, 5.74) is 2.61. The number of anilines is 1. The number of carbonyl (C=O) groups is 2. The van der Waals surface area contributed by atoms with Gasteiger partial charge < -0.3 is 5.32 Å². The van der Waals surface area contributed by atoms with Gasteiger partial charge in [0.25, 0.3) is 0 Å². The van der Waals surface area contributed by atoms with Crippen molar-refractivity contribution in [2.75, 3.05) is 11.4 Å². The van der Waals surface area contributed by atoms with Crippen LogP contribution in [-0.2, 0) is 22.4 Å². The molecule has 26 heavy (non-hydrogen) atoms. The Balaban J connectivity index is 1.38. The van der Waals surface area contributed by atoms with E-state index in [1.807, 2.05) is 26.0 Å². The Labute approximate surface area is 156 Å². The highest BCUT2D eigenvalue weighted by Crippen LogP contribution is 2.31. The fourth-order valence-corrected chi connectivity index (χ4v) is 4.49. The van der Waals surface area contributed by atoms with Crippen LogP contribution in [-0.4, -0.2) is 34.6 Å². The monoisotopic (exact) mass is 370 g/mol. The molecule has 0 saturated carbocycles. The Kier molecular flexibility index (Phi) is 4.48. The SMILES string of the molecule is CC(C)c1nnc(N2CC(C(=O)NC3Cc4ccccc4C3)CC2=O)s1. The Morgan fingerprint density at radius 3 is 2.50 bits per heavy atom. The van der Waals surface area contributed by atoms with Crippen LogP contribution in [0.25, 0.3) is 0 Å². The summed E-state index contributed by atoms with van der Waals surface area (Å²) < 4.78 is 0. The summed E-state index contributed by atoms with van der Waals surface area (Å²) in [6.45, 7) is 4.48. The molecule has 1 N–H and O–H groups in total. The Hall–Kier alpha value is -2.28. The summed E-state index contributed by atoms with van der Waals surface area (Å²) in [7, 11) is 0. The molecular formula is C19H22N4O2S. The van der Waals surface area contributed by atoms with Crippen LogP contribution in [0.15, 0.2) is 24.3 Å². The van der Waals surface area contributed by atoms with Gasteiger partial charge >= 0.3 is 0 Å². The highest BCUT2D eigenvalue weighted by molar-refractivity contribution is 7.15. The first-order valence-corrected chi connectivity index (χ1v) is 9.84. The standard InChI is InChI=1S/C19H22N4O2S/c1-11(2)18-21-22-19(26-18)23-10-14(9-16(23)24)17(25)20-15-7-12-5-3-4-6-13(12)8-15/h3-6,11,14-15H,7-10H2,1-2H3,(H,20,25). The predicted octanol–water partition coefficient (Wildman–Crippen LogP) is 2.30. The molecule has 1 unspecified atom stereocenters. The van der Waals surface area contributed by atoms with E-state index < -0.39 is 0 Å². The van der Waals surface area contributed by atoms with Crippen molar-refractivity contribution in [2.24, 2.45) is 5.92 Å². The molecule has 1 aromatic carbocycles. The van der Waals surface area contributed by atoms with E-state index in [2.05, 4.69) is 27.6 Å². The van der Waals surface area contributed by atoms with Gasteiger partial charge in [0.15, 0.2) is 0 Å². The average molecular weight is 370 g/mol. The number of benzene rings is 1. The predicted molar refractivity (Wildman–Crippen MR) is 100 cm³/mol. The minimum absolute atomic E-state index is 0.0349. The van der Waals surface area contributed by atoms with Crippen molar-refractivity contribution in [3.63, 3.8) is 0 Å². The quantitative estimate of drug-likeness (QED) is 0.896. The lowest BCUT2D eigenvalue weighted by atomic mass is 10.1. The first-order valence-electron chi connectivity index (χ1n) is 9.02. The normalized spacial score (nSPS) is 20.0. The number of rotatable bonds is 4. The molecule has 136 valence electrons. The van der Waals surface area contributed by atoms with Gasteiger partial charge in [0.05, 0.1) is 5.92 Å². The van der Waals surface area contributed by atoms with E-state index in [1.165, 1.54) is 22.5 Å². The average Bonchev–Trinajstić information content (AvgIpc) is 3.31. The number of nitrogens with zero attached hydrogens (tertiary/aromatic N) is 3. The zero-order valence-corrected chi connectivity index (χ0v) is 15.8. The van der Waals surface area contributed by atoms with Gasteiger partial charge in [-0.25, -0.2) is 0 Å². The summed E-state index contributed by atoms with van der Waals surface area (Å²) >= 11 is 1.43. The van der Waals surface area contributed by atoms with Crippen LogP contribution < -0.4 is 10.2 Å². The number of fused-ring (bicyclic) bond motifs is 1. The second-order valence-corrected chi connectivity index (χ2v) is 8.35. The third kappa shape index (κ3) is 3.23. The number of hydrogen-bond acceptors (Lipinski definition) is 5. The summed E-state index contributed by atoms with van der Waals surface area (Å²) in [5.74, 6) is -0.127. The molecule has 0 bridgehead atoms. The van der Waals surface area contributed by atoms with Gasteiger partial charge in [0.2, 0.25) is 16.9 Å². The molecule has 2 heterocycles. The molecule has 7 heteroatoms. The van der Waals surface area contributed by atoms with E-state index in [0.29, 0.717) is 11.7 Å². The van der Waals surface area contributed by atoms with E-state index in [9.17, 15) is 9.59 Å². The molecule has 4 rings (SSSR count). The van der Waals surface area contributed by atoms with Crippen LogP contribution >= 0.6 is 11.3 Å². The number of hydrogen-bond donors (Lipinski definition) is 1. The van der Waals surface area contributed by atoms with E-state index in [1.54, 1.807) is 4.90 Å². The molecule has 1 saturated heterocycles. The Morgan fingerprint density at radius 1 is 1.19 bits per heavy atom. The van der Waals surface area contributed by atoms with Crippen molar-refractivity contribution in [3.05, 3.63) is 40.4 Å². The Bertz CT molecular complexity index is 823. The second kappa shape index (κ2) is 6.79. The van der Waals surface area contributed by atoms with E-state index in [0.717, 1.165) is 17.8 Å². The third-order valence-electron chi connectivity index (χ3n) is 5.05. The van der Waals surface area contributed by atoms with Crippen LogP contribution in [0.3, 0.4) is 0 Å². The highest BCUT2D eigenvalue weighted by Gasteiger charge is 2.38.